The summed E-state index contributed by atoms with van der Waals surface area (Å²) < 4.78 is 0. The molecule has 2 nitrogen and oxygen atoms in total. The first-order valence-corrected chi connectivity index (χ1v) is 5.27. The normalized spacial score (nSPS) is 22.3. The summed E-state index contributed by atoms with van der Waals surface area (Å²) in [7, 11) is 2.00. The van der Waals surface area contributed by atoms with Gasteiger partial charge < -0.3 is 5.32 Å². The maximum absolute atomic E-state index is 11.2. The van der Waals surface area contributed by atoms with Gasteiger partial charge in [0.15, 0.2) is 0 Å². The summed E-state index contributed by atoms with van der Waals surface area (Å²) >= 11 is 0. The van der Waals surface area contributed by atoms with Crippen LogP contribution >= 0.6 is 0 Å². The summed E-state index contributed by atoms with van der Waals surface area (Å²) in [5.74, 6) is 1.13. The predicted octanol–water partition coefficient (Wildman–Crippen LogP) is 1.99. The highest BCUT2D eigenvalue weighted by molar-refractivity contribution is 5.79. The minimum atomic E-state index is 0.378. The van der Waals surface area contributed by atoms with Crippen LogP contribution < -0.4 is 5.32 Å². The lowest BCUT2D eigenvalue weighted by Crippen LogP contribution is -2.40. The van der Waals surface area contributed by atoms with Crippen molar-refractivity contribution in [1.29, 1.82) is 0 Å². The topological polar surface area (TPSA) is 29.1 Å². The van der Waals surface area contributed by atoms with Gasteiger partial charge in [-0.1, -0.05) is 13.8 Å². The molecule has 1 rings (SSSR count). The van der Waals surface area contributed by atoms with Gasteiger partial charge in [0.1, 0.15) is 5.78 Å². The number of rotatable bonds is 3. The molecule has 0 aliphatic heterocycles. The second-order valence-corrected chi connectivity index (χ2v) is 4.59. The minimum absolute atomic E-state index is 0.378. The fraction of sp³-hybridized carbons (Fsp3) is 0.909. The van der Waals surface area contributed by atoms with Crippen molar-refractivity contribution in [2.75, 3.05) is 13.6 Å². The molecule has 1 aliphatic carbocycles. The number of nitrogens with one attached hydrogen (secondary N) is 1. The maximum atomic E-state index is 11.2. The summed E-state index contributed by atoms with van der Waals surface area (Å²) in [5, 5.41) is 3.26. The molecule has 0 aromatic carbocycles. The predicted molar refractivity (Wildman–Crippen MR) is 54.7 cm³/mol. The van der Waals surface area contributed by atoms with E-state index in [1.54, 1.807) is 0 Å². The molecule has 0 amide bonds. The first-order chi connectivity index (χ1) is 6.10. The van der Waals surface area contributed by atoms with Crippen molar-refractivity contribution in [3.05, 3.63) is 0 Å². The fourth-order valence-electron chi connectivity index (χ4n) is 2.34. The Kier molecular flexibility index (Phi) is 3.48. The summed E-state index contributed by atoms with van der Waals surface area (Å²) in [4.78, 5) is 11.2. The molecule has 2 heteroatoms. The Balaban J connectivity index is 2.63. The van der Waals surface area contributed by atoms with Gasteiger partial charge in [0.2, 0.25) is 0 Å². The van der Waals surface area contributed by atoms with Crippen LogP contribution in [0.25, 0.3) is 0 Å². The molecule has 0 bridgehead atoms. The van der Waals surface area contributed by atoms with Crippen LogP contribution in [0.2, 0.25) is 0 Å². The standard InChI is InChI=1S/C11H21NO/c1-9(2)11(8-12-3)6-4-10(13)5-7-11/h9,12H,4-8H2,1-3H3. The van der Waals surface area contributed by atoms with Gasteiger partial charge in [-0.05, 0) is 31.2 Å². The Morgan fingerprint density at radius 2 is 1.92 bits per heavy atom. The van der Waals surface area contributed by atoms with Crippen LogP contribution in [0.3, 0.4) is 0 Å². The number of Topliss-reactive ketones (excluding diaryl/α,β-unsaturated/α-hetero) is 1. The van der Waals surface area contributed by atoms with E-state index in [4.69, 9.17) is 0 Å². The van der Waals surface area contributed by atoms with Crippen molar-refractivity contribution in [3.63, 3.8) is 0 Å². The Morgan fingerprint density at radius 3 is 2.31 bits per heavy atom. The highest BCUT2D eigenvalue weighted by Gasteiger charge is 2.36. The third kappa shape index (κ3) is 2.31. The molecule has 0 spiro atoms. The van der Waals surface area contributed by atoms with Crippen LogP contribution in [-0.2, 0) is 4.79 Å². The van der Waals surface area contributed by atoms with E-state index in [9.17, 15) is 4.79 Å². The van der Waals surface area contributed by atoms with Gasteiger partial charge in [0, 0.05) is 19.4 Å². The number of hydrogen-bond donors (Lipinski definition) is 1. The SMILES string of the molecule is CNCC1(C(C)C)CCC(=O)CC1. The second-order valence-electron chi connectivity index (χ2n) is 4.59. The Bertz CT molecular complexity index is 177. The lowest BCUT2D eigenvalue weighted by molar-refractivity contribution is -0.123. The molecule has 1 saturated carbocycles. The van der Waals surface area contributed by atoms with Gasteiger partial charge >= 0.3 is 0 Å². The van der Waals surface area contributed by atoms with Crippen LogP contribution in [0.5, 0.6) is 0 Å². The lowest BCUT2D eigenvalue weighted by Gasteiger charge is -2.40. The quantitative estimate of drug-likeness (QED) is 0.725. The number of ketones is 1. The Hall–Kier alpha value is -0.370. The van der Waals surface area contributed by atoms with Gasteiger partial charge in [-0.2, -0.15) is 0 Å². The molecule has 0 heterocycles. The molecule has 76 valence electrons. The molecule has 0 aromatic rings. The second kappa shape index (κ2) is 4.23. The molecule has 1 N–H and O–H groups in total. The van der Waals surface area contributed by atoms with Crippen molar-refractivity contribution in [3.8, 4) is 0 Å². The molecule has 0 radical (unpaired) electrons. The van der Waals surface area contributed by atoms with Crippen LogP contribution in [0, 0.1) is 11.3 Å². The van der Waals surface area contributed by atoms with Crippen LogP contribution in [0.15, 0.2) is 0 Å². The molecule has 0 atom stereocenters. The van der Waals surface area contributed by atoms with Crippen molar-refractivity contribution in [1.82, 2.24) is 5.32 Å². The summed E-state index contributed by atoms with van der Waals surface area (Å²) in [6.45, 7) is 5.60. The Morgan fingerprint density at radius 1 is 1.38 bits per heavy atom. The van der Waals surface area contributed by atoms with Gasteiger partial charge in [-0.3, -0.25) is 4.79 Å². The van der Waals surface area contributed by atoms with Crippen molar-refractivity contribution in [2.45, 2.75) is 39.5 Å². The van der Waals surface area contributed by atoms with E-state index < -0.39 is 0 Å². The lowest BCUT2D eigenvalue weighted by atomic mass is 9.66. The zero-order valence-electron chi connectivity index (χ0n) is 9.02. The molecular formula is C11H21NO. The van der Waals surface area contributed by atoms with E-state index >= 15 is 0 Å². The van der Waals surface area contributed by atoms with E-state index in [0.29, 0.717) is 17.1 Å². The zero-order chi connectivity index (χ0) is 9.90. The molecule has 0 saturated heterocycles. The van der Waals surface area contributed by atoms with E-state index in [1.807, 2.05) is 7.05 Å². The molecule has 0 unspecified atom stereocenters. The minimum Gasteiger partial charge on any atom is -0.319 e. The molecule has 1 aliphatic rings. The third-order valence-electron chi connectivity index (χ3n) is 3.56. The monoisotopic (exact) mass is 183 g/mol. The first kappa shape index (κ1) is 10.7. The Labute approximate surface area is 81.1 Å². The third-order valence-corrected chi connectivity index (χ3v) is 3.56. The zero-order valence-corrected chi connectivity index (χ0v) is 9.02. The summed E-state index contributed by atoms with van der Waals surface area (Å²) in [5.41, 5.74) is 0.378. The average Bonchev–Trinajstić information content (AvgIpc) is 2.09. The van der Waals surface area contributed by atoms with Crippen molar-refractivity contribution >= 4 is 5.78 Å². The van der Waals surface area contributed by atoms with Gasteiger partial charge in [0.25, 0.3) is 0 Å². The van der Waals surface area contributed by atoms with Crippen molar-refractivity contribution < 1.29 is 4.79 Å². The van der Waals surface area contributed by atoms with Crippen LogP contribution in [0.4, 0.5) is 0 Å². The van der Waals surface area contributed by atoms with E-state index in [0.717, 1.165) is 32.2 Å². The fourth-order valence-corrected chi connectivity index (χ4v) is 2.34. The maximum Gasteiger partial charge on any atom is 0.132 e. The van der Waals surface area contributed by atoms with Gasteiger partial charge in [0.05, 0.1) is 0 Å². The van der Waals surface area contributed by atoms with E-state index in [2.05, 4.69) is 19.2 Å². The van der Waals surface area contributed by atoms with Gasteiger partial charge in [-0.25, -0.2) is 0 Å². The van der Waals surface area contributed by atoms with Gasteiger partial charge in [-0.15, -0.1) is 0 Å². The first-order valence-electron chi connectivity index (χ1n) is 5.27. The number of hydrogen-bond acceptors (Lipinski definition) is 2. The molecule has 1 fully saturated rings. The van der Waals surface area contributed by atoms with Crippen LogP contribution in [0.1, 0.15) is 39.5 Å². The van der Waals surface area contributed by atoms with E-state index in [1.165, 1.54) is 0 Å². The summed E-state index contributed by atoms with van der Waals surface area (Å²) in [6, 6.07) is 0. The van der Waals surface area contributed by atoms with Crippen molar-refractivity contribution in [2.24, 2.45) is 11.3 Å². The van der Waals surface area contributed by atoms with E-state index in [-0.39, 0.29) is 0 Å². The highest BCUT2D eigenvalue weighted by atomic mass is 16.1. The highest BCUT2D eigenvalue weighted by Crippen LogP contribution is 2.40. The molecule has 0 aromatic heterocycles. The average molecular weight is 183 g/mol. The van der Waals surface area contributed by atoms with Crippen LogP contribution in [-0.4, -0.2) is 19.4 Å². The largest absolute Gasteiger partial charge is 0.319 e. The number of carbonyl (C=O) groups is 1. The molecule has 13 heavy (non-hydrogen) atoms. The molecular weight excluding hydrogens is 162 g/mol. The summed E-state index contributed by atoms with van der Waals surface area (Å²) in [6.07, 6.45) is 3.73. The number of carbonyl (C=O) groups excluding carboxylic acids is 1. The smallest absolute Gasteiger partial charge is 0.132 e.